The Morgan fingerprint density at radius 3 is 2.53 bits per heavy atom. The third-order valence-corrected chi connectivity index (χ3v) is 2.38. The number of aromatic nitrogens is 3. The Bertz CT molecular complexity index is 575. The van der Waals surface area contributed by atoms with Crippen molar-refractivity contribution in [2.24, 2.45) is 5.84 Å². The molecular weight excluding hydrogens is 244 g/mol. The fraction of sp³-hybridized carbons (Fsp3) is 0.167. The molecule has 98 valence electrons. The number of amides is 1. The second-order valence-electron chi connectivity index (χ2n) is 4.07. The molecule has 2 heterocycles. The zero-order chi connectivity index (χ0) is 13.8. The van der Waals surface area contributed by atoms with Crippen LogP contribution in [0, 0.1) is 13.8 Å². The molecule has 0 aliphatic heterocycles. The first-order valence-corrected chi connectivity index (χ1v) is 5.65. The number of pyridine rings is 1. The van der Waals surface area contributed by atoms with Gasteiger partial charge in [-0.2, -0.15) is 0 Å². The van der Waals surface area contributed by atoms with Crippen LogP contribution in [0.1, 0.15) is 21.7 Å². The molecule has 0 radical (unpaired) electrons. The molecule has 7 nitrogen and oxygen atoms in total. The minimum Gasteiger partial charge on any atom is -0.307 e. The van der Waals surface area contributed by atoms with Gasteiger partial charge in [0, 0.05) is 5.69 Å². The van der Waals surface area contributed by atoms with Gasteiger partial charge in [-0.05, 0) is 43.7 Å². The van der Waals surface area contributed by atoms with Gasteiger partial charge in [0.15, 0.2) is 11.5 Å². The molecule has 0 atom stereocenters. The molecule has 0 saturated carbocycles. The SMILES string of the molecule is Cc1cc(C)nc(NC(=O)c2ccc(NN)nn2)c1. The maximum absolute atomic E-state index is 11.9. The molecule has 0 spiro atoms. The summed E-state index contributed by atoms with van der Waals surface area (Å²) in [6.45, 7) is 3.80. The van der Waals surface area contributed by atoms with E-state index in [4.69, 9.17) is 5.84 Å². The summed E-state index contributed by atoms with van der Waals surface area (Å²) in [5, 5.41) is 10.2. The highest BCUT2D eigenvalue weighted by Crippen LogP contribution is 2.10. The molecule has 1 amide bonds. The van der Waals surface area contributed by atoms with Crippen LogP contribution in [0.3, 0.4) is 0 Å². The molecule has 0 fully saturated rings. The maximum atomic E-state index is 11.9. The molecular formula is C12H14N6O. The van der Waals surface area contributed by atoms with Crippen LogP contribution in [-0.4, -0.2) is 21.1 Å². The van der Waals surface area contributed by atoms with E-state index in [1.807, 2.05) is 19.9 Å². The number of carbonyl (C=O) groups excluding carboxylic acids is 1. The van der Waals surface area contributed by atoms with E-state index in [0.29, 0.717) is 11.6 Å². The summed E-state index contributed by atoms with van der Waals surface area (Å²) in [5.41, 5.74) is 4.40. The zero-order valence-corrected chi connectivity index (χ0v) is 10.6. The van der Waals surface area contributed by atoms with E-state index < -0.39 is 0 Å². The van der Waals surface area contributed by atoms with Crippen LogP contribution in [-0.2, 0) is 0 Å². The number of nitrogens with zero attached hydrogens (tertiary/aromatic N) is 3. The van der Waals surface area contributed by atoms with Gasteiger partial charge in [-0.25, -0.2) is 10.8 Å². The van der Waals surface area contributed by atoms with Crippen molar-refractivity contribution >= 4 is 17.5 Å². The molecule has 0 bridgehead atoms. The molecule has 7 heteroatoms. The summed E-state index contributed by atoms with van der Waals surface area (Å²) in [6, 6.07) is 6.81. The average molecular weight is 258 g/mol. The van der Waals surface area contributed by atoms with Gasteiger partial charge < -0.3 is 10.7 Å². The fourth-order valence-electron chi connectivity index (χ4n) is 1.62. The van der Waals surface area contributed by atoms with E-state index >= 15 is 0 Å². The summed E-state index contributed by atoms with van der Waals surface area (Å²) in [5.74, 6) is 5.68. The van der Waals surface area contributed by atoms with Crippen molar-refractivity contribution in [2.45, 2.75) is 13.8 Å². The van der Waals surface area contributed by atoms with Gasteiger partial charge in [-0.1, -0.05) is 0 Å². The second kappa shape index (κ2) is 5.40. The van der Waals surface area contributed by atoms with Gasteiger partial charge >= 0.3 is 0 Å². The van der Waals surface area contributed by atoms with E-state index in [9.17, 15) is 4.79 Å². The quantitative estimate of drug-likeness (QED) is 0.560. The Kier molecular flexibility index (Phi) is 3.67. The number of carbonyl (C=O) groups is 1. The van der Waals surface area contributed by atoms with Crippen molar-refractivity contribution in [3.05, 3.63) is 41.2 Å². The third-order valence-electron chi connectivity index (χ3n) is 2.38. The highest BCUT2D eigenvalue weighted by molar-refractivity contribution is 6.02. The van der Waals surface area contributed by atoms with Crippen LogP contribution < -0.4 is 16.6 Å². The van der Waals surface area contributed by atoms with Gasteiger partial charge in [0.05, 0.1) is 0 Å². The number of nitrogens with one attached hydrogen (secondary N) is 2. The standard InChI is InChI=1S/C12H14N6O/c1-7-5-8(2)14-11(6-7)15-12(19)9-3-4-10(16-13)18-17-9/h3-6H,13H2,1-2H3,(H,16,18)(H,14,15,19). The number of nitrogen functional groups attached to an aromatic ring is 1. The summed E-state index contributed by atoms with van der Waals surface area (Å²) in [7, 11) is 0. The van der Waals surface area contributed by atoms with Gasteiger partial charge in [0.1, 0.15) is 5.82 Å². The molecule has 19 heavy (non-hydrogen) atoms. The van der Waals surface area contributed by atoms with Crippen molar-refractivity contribution in [2.75, 3.05) is 10.7 Å². The Labute approximate surface area is 110 Å². The van der Waals surface area contributed by atoms with E-state index in [2.05, 4.69) is 25.9 Å². The van der Waals surface area contributed by atoms with E-state index in [1.54, 1.807) is 12.1 Å². The molecule has 0 unspecified atom stereocenters. The first-order valence-electron chi connectivity index (χ1n) is 5.65. The highest BCUT2D eigenvalue weighted by atomic mass is 16.2. The number of hydrazine groups is 1. The first-order chi connectivity index (χ1) is 9.08. The van der Waals surface area contributed by atoms with Crippen LogP contribution >= 0.6 is 0 Å². The summed E-state index contributed by atoms with van der Waals surface area (Å²) in [6.07, 6.45) is 0. The molecule has 2 aromatic rings. The molecule has 0 aliphatic carbocycles. The second-order valence-corrected chi connectivity index (χ2v) is 4.07. The lowest BCUT2D eigenvalue weighted by Gasteiger charge is -2.06. The Morgan fingerprint density at radius 1 is 1.16 bits per heavy atom. The lowest BCUT2D eigenvalue weighted by molar-refractivity contribution is 0.102. The minimum absolute atomic E-state index is 0.194. The predicted molar refractivity (Wildman–Crippen MR) is 71.5 cm³/mol. The monoisotopic (exact) mass is 258 g/mol. The normalized spacial score (nSPS) is 10.1. The number of anilines is 2. The van der Waals surface area contributed by atoms with Crippen LogP contribution in [0.15, 0.2) is 24.3 Å². The van der Waals surface area contributed by atoms with Crippen LogP contribution in [0.4, 0.5) is 11.6 Å². The molecule has 2 rings (SSSR count). The van der Waals surface area contributed by atoms with Crippen LogP contribution in [0.2, 0.25) is 0 Å². The molecule has 0 aliphatic rings. The summed E-state index contributed by atoms with van der Waals surface area (Å²) in [4.78, 5) is 16.2. The third kappa shape index (κ3) is 3.23. The lowest BCUT2D eigenvalue weighted by Crippen LogP contribution is -2.17. The number of nitrogens with two attached hydrogens (primary N) is 1. The van der Waals surface area contributed by atoms with Gasteiger partial charge in [0.25, 0.3) is 5.91 Å². The topological polar surface area (TPSA) is 106 Å². The summed E-state index contributed by atoms with van der Waals surface area (Å²) >= 11 is 0. The first kappa shape index (κ1) is 12.9. The van der Waals surface area contributed by atoms with Gasteiger partial charge in [-0.3, -0.25) is 4.79 Å². The predicted octanol–water partition coefficient (Wildman–Crippen LogP) is 1.03. The van der Waals surface area contributed by atoms with Crippen LogP contribution in [0.5, 0.6) is 0 Å². The Balaban J connectivity index is 2.15. The molecule has 2 aromatic heterocycles. The maximum Gasteiger partial charge on any atom is 0.277 e. The lowest BCUT2D eigenvalue weighted by atomic mass is 10.2. The highest BCUT2D eigenvalue weighted by Gasteiger charge is 2.09. The summed E-state index contributed by atoms with van der Waals surface area (Å²) < 4.78 is 0. The Hall–Kier alpha value is -2.54. The van der Waals surface area contributed by atoms with Crippen molar-refractivity contribution < 1.29 is 4.79 Å². The molecule has 4 N–H and O–H groups in total. The van der Waals surface area contributed by atoms with E-state index in [-0.39, 0.29) is 11.6 Å². The number of hydrogen-bond acceptors (Lipinski definition) is 6. The van der Waals surface area contributed by atoms with Crippen molar-refractivity contribution in [3.8, 4) is 0 Å². The van der Waals surface area contributed by atoms with Gasteiger partial charge in [-0.15, -0.1) is 10.2 Å². The molecule has 0 aromatic carbocycles. The van der Waals surface area contributed by atoms with E-state index in [0.717, 1.165) is 11.3 Å². The zero-order valence-electron chi connectivity index (χ0n) is 10.6. The van der Waals surface area contributed by atoms with Crippen LogP contribution in [0.25, 0.3) is 0 Å². The number of hydrogen-bond donors (Lipinski definition) is 3. The fourth-order valence-corrected chi connectivity index (χ4v) is 1.62. The van der Waals surface area contributed by atoms with Crippen molar-refractivity contribution in [3.63, 3.8) is 0 Å². The Morgan fingerprint density at radius 2 is 1.95 bits per heavy atom. The van der Waals surface area contributed by atoms with Gasteiger partial charge in [0.2, 0.25) is 0 Å². The van der Waals surface area contributed by atoms with E-state index in [1.165, 1.54) is 6.07 Å². The number of rotatable bonds is 3. The molecule has 0 saturated heterocycles. The average Bonchev–Trinajstić information content (AvgIpc) is 2.37. The smallest absolute Gasteiger partial charge is 0.277 e. The minimum atomic E-state index is -0.367. The number of aryl methyl sites for hydroxylation is 2. The van der Waals surface area contributed by atoms with Crippen molar-refractivity contribution in [1.82, 2.24) is 15.2 Å². The van der Waals surface area contributed by atoms with Crippen molar-refractivity contribution in [1.29, 1.82) is 0 Å². The largest absolute Gasteiger partial charge is 0.307 e.